The van der Waals surface area contributed by atoms with Gasteiger partial charge >= 0.3 is 5.97 Å². The quantitative estimate of drug-likeness (QED) is 0.273. The zero-order valence-electron chi connectivity index (χ0n) is 6.99. The predicted octanol–water partition coefficient (Wildman–Crippen LogP) is 1.78. The van der Waals surface area contributed by atoms with Crippen LogP contribution >= 0.6 is 0 Å². The fraction of sp³-hybridized carbons (Fsp3) is 0.857. The summed E-state index contributed by atoms with van der Waals surface area (Å²) in [6.45, 7) is 0. The third-order valence-corrected chi connectivity index (χ3v) is 2.23. The Hall–Kier alpha value is -1.22. The van der Waals surface area contributed by atoms with Crippen LogP contribution in [-0.2, 0) is 9.53 Å². The summed E-state index contributed by atoms with van der Waals surface area (Å²) in [7, 11) is 1.31. The molecule has 66 valence electrons. The van der Waals surface area contributed by atoms with E-state index in [1.807, 2.05) is 0 Å². The molecule has 0 atom stereocenters. The zero-order chi connectivity index (χ0) is 9.03. The van der Waals surface area contributed by atoms with Gasteiger partial charge in [0.2, 0.25) is 0 Å². The molecule has 0 aliphatic heterocycles. The lowest BCUT2D eigenvalue weighted by Crippen LogP contribution is -2.33. The first-order valence-corrected chi connectivity index (χ1v) is 3.90. The molecular formula is C7H11N3O2. The highest BCUT2D eigenvalue weighted by Crippen LogP contribution is 2.34. The second-order valence-corrected chi connectivity index (χ2v) is 2.92. The maximum Gasteiger partial charge on any atom is 0.317 e. The van der Waals surface area contributed by atoms with Gasteiger partial charge in [-0.15, -0.1) is 0 Å². The van der Waals surface area contributed by atoms with Crippen molar-refractivity contribution in [2.75, 3.05) is 7.11 Å². The Balaban J connectivity index is 2.85. The Labute approximate surface area is 70.3 Å². The molecule has 1 fully saturated rings. The third-order valence-electron chi connectivity index (χ3n) is 2.23. The van der Waals surface area contributed by atoms with Gasteiger partial charge < -0.3 is 4.74 Å². The Morgan fingerprint density at radius 1 is 1.58 bits per heavy atom. The Morgan fingerprint density at radius 3 is 2.58 bits per heavy atom. The molecule has 1 saturated carbocycles. The van der Waals surface area contributed by atoms with Crippen LogP contribution in [0.1, 0.15) is 25.7 Å². The summed E-state index contributed by atoms with van der Waals surface area (Å²) < 4.78 is 4.59. The van der Waals surface area contributed by atoms with Gasteiger partial charge in [-0.2, -0.15) is 0 Å². The van der Waals surface area contributed by atoms with Gasteiger partial charge in [-0.1, -0.05) is 18.0 Å². The average molecular weight is 169 g/mol. The largest absolute Gasteiger partial charge is 0.468 e. The Kier molecular flexibility index (Phi) is 2.55. The van der Waals surface area contributed by atoms with E-state index in [0.717, 1.165) is 12.8 Å². The number of esters is 1. The van der Waals surface area contributed by atoms with Crippen LogP contribution in [0.25, 0.3) is 10.4 Å². The van der Waals surface area contributed by atoms with Crippen molar-refractivity contribution in [3.8, 4) is 0 Å². The molecule has 5 heteroatoms. The molecule has 1 aliphatic carbocycles. The molecule has 0 heterocycles. The molecule has 5 nitrogen and oxygen atoms in total. The van der Waals surface area contributed by atoms with Crippen molar-refractivity contribution < 1.29 is 9.53 Å². The van der Waals surface area contributed by atoms with Gasteiger partial charge in [-0.3, -0.25) is 4.79 Å². The van der Waals surface area contributed by atoms with E-state index in [9.17, 15) is 4.79 Å². The summed E-state index contributed by atoms with van der Waals surface area (Å²) in [5, 5.41) is 3.53. The first-order chi connectivity index (χ1) is 5.75. The van der Waals surface area contributed by atoms with E-state index in [1.165, 1.54) is 7.11 Å². The van der Waals surface area contributed by atoms with Crippen LogP contribution in [-0.4, -0.2) is 18.6 Å². The first kappa shape index (κ1) is 8.87. The third kappa shape index (κ3) is 1.36. The van der Waals surface area contributed by atoms with Crippen molar-refractivity contribution in [1.82, 2.24) is 0 Å². The topological polar surface area (TPSA) is 75.1 Å². The SMILES string of the molecule is COC(=O)C1(N=[N+]=[N-])CCCC1. The lowest BCUT2D eigenvalue weighted by molar-refractivity contribution is -0.146. The maximum atomic E-state index is 11.2. The summed E-state index contributed by atoms with van der Waals surface area (Å²) in [6, 6.07) is 0. The number of methoxy groups -OCH3 is 1. The highest BCUT2D eigenvalue weighted by Gasteiger charge is 2.41. The molecule has 0 spiro atoms. The number of nitrogens with zero attached hydrogens (tertiary/aromatic N) is 3. The Morgan fingerprint density at radius 2 is 2.17 bits per heavy atom. The second kappa shape index (κ2) is 3.45. The van der Waals surface area contributed by atoms with Gasteiger partial charge in [0.25, 0.3) is 0 Å². The van der Waals surface area contributed by atoms with Crippen LogP contribution in [0, 0.1) is 0 Å². The minimum atomic E-state index is -0.899. The van der Waals surface area contributed by atoms with Crippen molar-refractivity contribution in [1.29, 1.82) is 0 Å². The molecule has 0 amide bonds. The van der Waals surface area contributed by atoms with Crippen molar-refractivity contribution in [2.45, 2.75) is 31.2 Å². The second-order valence-electron chi connectivity index (χ2n) is 2.92. The summed E-state index contributed by atoms with van der Waals surface area (Å²) in [6.07, 6.45) is 3.08. The summed E-state index contributed by atoms with van der Waals surface area (Å²) in [5.74, 6) is -0.405. The van der Waals surface area contributed by atoms with Gasteiger partial charge in [0, 0.05) is 4.91 Å². The van der Waals surface area contributed by atoms with Crippen molar-refractivity contribution in [2.24, 2.45) is 5.11 Å². The monoisotopic (exact) mass is 169 g/mol. The number of hydrogen-bond donors (Lipinski definition) is 0. The van der Waals surface area contributed by atoms with E-state index in [2.05, 4.69) is 14.8 Å². The molecule has 0 aromatic heterocycles. The van der Waals surface area contributed by atoms with Gasteiger partial charge in [0.15, 0.2) is 0 Å². The Bertz CT molecular complexity index is 227. The smallest absolute Gasteiger partial charge is 0.317 e. The van der Waals surface area contributed by atoms with Crippen LogP contribution in [0.3, 0.4) is 0 Å². The van der Waals surface area contributed by atoms with Crippen LogP contribution in [0.15, 0.2) is 5.11 Å². The molecule has 0 bridgehead atoms. The van der Waals surface area contributed by atoms with Gasteiger partial charge in [0.1, 0.15) is 5.54 Å². The highest BCUT2D eigenvalue weighted by atomic mass is 16.5. The van der Waals surface area contributed by atoms with Crippen molar-refractivity contribution in [3.05, 3.63) is 10.4 Å². The van der Waals surface area contributed by atoms with Crippen LogP contribution < -0.4 is 0 Å². The fourth-order valence-electron chi connectivity index (χ4n) is 1.58. The van der Waals surface area contributed by atoms with E-state index >= 15 is 0 Å². The van der Waals surface area contributed by atoms with E-state index in [4.69, 9.17) is 5.53 Å². The standard InChI is InChI=1S/C7H11N3O2/c1-12-6(11)7(9-10-8)4-2-3-5-7/h2-5H2,1H3. The van der Waals surface area contributed by atoms with Gasteiger partial charge in [0.05, 0.1) is 7.11 Å². The average Bonchev–Trinajstić information content (AvgIpc) is 2.53. The number of carbonyl (C=O) groups is 1. The molecule has 0 aromatic rings. The molecular weight excluding hydrogens is 158 g/mol. The maximum absolute atomic E-state index is 11.2. The van der Waals surface area contributed by atoms with Crippen LogP contribution in [0.2, 0.25) is 0 Å². The van der Waals surface area contributed by atoms with E-state index in [0.29, 0.717) is 12.8 Å². The zero-order valence-corrected chi connectivity index (χ0v) is 6.99. The summed E-state index contributed by atoms with van der Waals surface area (Å²) >= 11 is 0. The van der Waals surface area contributed by atoms with Crippen molar-refractivity contribution >= 4 is 5.97 Å². The van der Waals surface area contributed by atoms with Crippen LogP contribution in [0.4, 0.5) is 0 Å². The number of ether oxygens (including phenoxy) is 1. The van der Waals surface area contributed by atoms with E-state index in [-0.39, 0.29) is 0 Å². The lowest BCUT2D eigenvalue weighted by Gasteiger charge is -2.18. The number of azide groups is 1. The molecule has 0 aromatic carbocycles. The van der Waals surface area contributed by atoms with Crippen molar-refractivity contribution in [3.63, 3.8) is 0 Å². The van der Waals surface area contributed by atoms with E-state index < -0.39 is 11.5 Å². The van der Waals surface area contributed by atoms with Gasteiger partial charge in [-0.05, 0) is 18.4 Å². The number of hydrogen-bond acceptors (Lipinski definition) is 3. The molecule has 1 aliphatic rings. The highest BCUT2D eigenvalue weighted by molar-refractivity contribution is 5.81. The molecule has 0 unspecified atom stereocenters. The summed E-state index contributed by atoms with van der Waals surface area (Å²) in [4.78, 5) is 13.9. The number of rotatable bonds is 2. The molecule has 0 radical (unpaired) electrons. The minimum Gasteiger partial charge on any atom is -0.468 e. The van der Waals surface area contributed by atoms with E-state index in [1.54, 1.807) is 0 Å². The minimum absolute atomic E-state index is 0.405. The lowest BCUT2D eigenvalue weighted by atomic mass is 10.00. The number of carbonyl (C=O) groups excluding carboxylic acids is 1. The summed E-state index contributed by atoms with van der Waals surface area (Å²) in [5.41, 5.74) is 7.39. The van der Waals surface area contributed by atoms with Crippen LogP contribution in [0.5, 0.6) is 0 Å². The molecule has 1 rings (SSSR count). The van der Waals surface area contributed by atoms with Gasteiger partial charge in [-0.25, -0.2) is 0 Å². The normalized spacial score (nSPS) is 19.8. The predicted molar refractivity (Wildman–Crippen MR) is 42.4 cm³/mol. The molecule has 0 N–H and O–H groups in total. The first-order valence-electron chi connectivity index (χ1n) is 3.90. The fourth-order valence-corrected chi connectivity index (χ4v) is 1.58. The molecule has 0 saturated heterocycles. The molecule has 12 heavy (non-hydrogen) atoms.